The Morgan fingerprint density at radius 2 is 2.05 bits per heavy atom. The van der Waals surface area contributed by atoms with Crippen LogP contribution in [0.25, 0.3) is 5.65 Å². The molecular formula is C15H18N6S. The van der Waals surface area contributed by atoms with Gasteiger partial charge in [-0.1, -0.05) is 11.3 Å². The predicted molar refractivity (Wildman–Crippen MR) is 87.3 cm³/mol. The van der Waals surface area contributed by atoms with Gasteiger partial charge in [0.1, 0.15) is 11.2 Å². The van der Waals surface area contributed by atoms with E-state index in [0.29, 0.717) is 6.04 Å². The SMILES string of the molecule is CC(c1ccn2ccnc2c1)N1CCN(c2nncs2)CC1. The van der Waals surface area contributed by atoms with E-state index in [1.807, 2.05) is 16.8 Å². The number of piperazine rings is 1. The zero-order valence-electron chi connectivity index (χ0n) is 12.5. The first-order chi connectivity index (χ1) is 10.8. The molecule has 3 aromatic rings. The van der Waals surface area contributed by atoms with Crippen LogP contribution < -0.4 is 4.90 Å². The molecule has 1 saturated heterocycles. The lowest BCUT2D eigenvalue weighted by Crippen LogP contribution is -2.47. The first kappa shape index (κ1) is 13.7. The maximum atomic E-state index is 4.38. The molecule has 1 atom stereocenters. The van der Waals surface area contributed by atoms with Crippen molar-refractivity contribution in [2.45, 2.75) is 13.0 Å². The van der Waals surface area contributed by atoms with E-state index >= 15 is 0 Å². The molecule has 22 heavy (non-hydrogen) atoms. The van der Waals surface area contributed by atoms with Gasteiger partial charge < -0.3 is 9.30 Å². The average molecular weight is 314 g/mol. The first-order valence-corrected chi connectivity index (χ1v) is 8.37. The summed E-state index contributed by atoms with van der Waals surface area (Å²) in [6, 6.07) is 4.77. The molecule has 7 heteroatoms. The van der Waals surface area contributed by atoms with Gasteiger partial charge in [0, 0.05) is 50.8 Å². The minimum Gasteiger partial charge on any atom is -0.344 e. The highest BCUT2D eigenvalue weighted by molar-refractivity contribution is 7.13. The van der Waals surface area contributed by atoms with Crippen LogP contribution in [0, 0.1) is 0 Å². The van der Waals surface area contributed by atoms with Crippen LogP contribution in [0.1, 0.15) is 18.5 Å². The second-order valence-corrected chi connectivity index (χ2v) is 6.38. The summed E-state index contributed by atoms with van der Waals surface area (Å²) in [6.07, 6.45) is 5.90. The van der Waals surface area contributed by atoms with Crippen molar-refractivity contribution in [3.05, 3.63) is 41.8 Å². The van der Waals surface area contributed by atoms with Gasteiger partial charge in [0.25, 0.3) is 0 Å². The normalized spacial score (nSPS) is 18.0. The Labute approximate surface area is 133 Å². The van der Waals surface area contributed by atoms with Gasteiger partial charge in [-0.2, -0.15) is 0 Å². The molecule has 0 aromatic carbocycles. The molecule has 6 nitrogen and oxygen atoms in total. The van der Waals surface area contributed by atoms with E-state index in [9.17, 15) is 0 Å². The molecule has 114 valence electrons. The number of hydrogen-bond acceptors (Lipinski definition) is 6. The van der Waals surface area contributed by atoms with E-state index < -0.39 is 0 Å². The van der Waals surface area contributed by atoms with E-state index in [1.165, 1.54) is 5.56 Å². The van der Waals surface area contributed by atoms with Gasteiger partial charge in [-0.25, -0.2) is 4.98 Å². The first-order valence-electron chi connectivity index (χ1n) is 7.49. The summed E-state index contributed by atoms with van der Waals surface area (Å²) in [6.45, 7) is 6.37. The molecule has 1 unspecified atom stereocenters. The summed E-state index contributed by atoms with van der Waals surface area (Å²) < 4.78 is 2.05. The molecule has 1 aliphatic heterocycles. The van der Waals surface area contributed by atoms with Gasteiger partial charge in [0.15, 0.2) is 0 Å². The fourth-order valence-electron chi connectivity index (χ4n) is 3.00. The van der Waals surface area contributed by atoms with Crippen molar-refractivity contribution in [1.82, 2.24) is 24.5 Å². The third-order valence-corrected chi connectivity index (χ3v) is 5.14. The zero-order chi connectivity index (χ0) is 14.9. The topological polar surface area (TPSA) is 49.6 Å². The third kappa shape index (κ3) is 2.46. The second kappa shape index (κ2) is 5.66. The van der Waals surface area contributed by atoms with Gasteiger partial charge in [0.05, 0.1) is 0 Å². The molecule has 0 saturated carbocycles. The fourth-order valence-corrected chi connectivity index (χ4v) is 3.62. The van der Waals surface area contributed by atoms with Crippen LogP contribution in [0.2, 0.25) is 0 Å². The Morgan fingerprint density at radius 3 is 2.82 bits per heavy atom. The van der Waals surface area contributed by atoms with Gasteiger partial charge in [-0.3, -0.25) is 4.90 Å². The lowest BCUT2D eigenvalue weighted by atomic mass is 10.1. The van der Waals surface area contributed by atoms with Crippen molar-refractivity contribution in [3.63, 3.8) is 0 Å². The summed E-state index contributed by atoms with van der Waals surface area (Å²) in [5, 5.41) is 9.12. The van der Waals surface area contributed by atoms with Gasteiger partial charge in [-0.05, 0) is 24.6 Å². The largest absolute Gasteiger partial charge is 0.344 e. The maximum Gasteiger partial charge on any atom is 0.208 e. The molecule has 0 spiro atoms. The average Bonchev–Trinajstić information content (AvgIpc) is 3.25. The standard InChI is InChI=1S/C15H18N6S/c1-12(13-2-4-20-5-3-16-14(20)10-13)19-6-8-21(9-7-19)15-18-17-11-22-15/h2-5,10-12H,6-9H2,1H3. The van der Waals surface area contributed by atoms with E-state index in [-0.39, 0.29) is 0 Å². The number of anilines is 1. The number of hydrogen-bond donors (Lipinski definition) is 0. The lowest BCUT2D eigenvalue weighted by Gasteiger charge is -2.37. The Balaban J connectivity index is 1.46. The van der Waals surface area contributed by atoms with E-state index in [4.69, 9.17) is 0 Å². The Hall–Kier alpha value is -1.99. The number of fused-ring (bicyclic) bond motifs is 1. The van der Waals surface area contributed by atoms with Crippen LogP contribution in [0.5, 0.6) is 0 Å². The number of rotatable bonds is 3. The van der Waals surface area contributed by atoms with Crippen LogP contribution in [0.15, 0.2) is 36.2 Å². The third-order valence-electron chi connectivity index (χ3n) is 4.39. The predicted octanol–water partition coefficient (Wildman–Crippen LogP) is 2.07. The van der Waals surface area contributed by atoms with Crippen LogP contribution in [0.4, 0.5) is 5.13 Å². The molecule has 1 fully saturated rings. The molecule has 0 bridgehead atoms. The van der Waals surface area contributed by atoms with Crippen LogP contribution in [-0.4, -0.2) is 50.7 Å². The van der Waals surface area contributed by atoms with Crippen molar-refractivity contribution in [2.75, 3.05) is 31.1 Å². The van der Waals surface area contributed by atoms with Gasteiger partial charge >= 0.3 is 0 Å². The molecule has 0 amide bonds. The molecule has 1 aliphatic rings. The smallest absolute Gasteiger partial charge is 0.208 e. The summed E-state index contributed by atoms with van der Waals surface area (Å²) in [5.74, 6) is 0. The highest BCUT2D eigenvalue weighted by atomic mass is 32.1. The summed E-state index contributed by atoms with van der Waals surface area (Å²) in [7, 11) is 0. The minimum atomic E-state index is 0.401. The number of pyridine rings is 1. The number of imidazole rings is 1. The molecule has 4 heterocycles. The number of nitrogens with zero attached hydrogens (tertiary/aromatic N) is 6. The van der Waals surface area contributed by atoms with Crippen LogP contribution in [-0.2, 0) is 0 Å². The lowest BCUT2D eigenvalue weighted by molar-refractivity contribution is 0.198. The highest BCUT2D eigenvalue weighted by Crippen LogP contribution is 2.24. The molecule has 0 radical (unpaired) electrons. The van der Waals surface area contributed by atoms with Crippen molar-refractivity contribution >= 4 is 22.1 Å². The van der Waals surface area contributed by atoms with E-state index in [2.05, 4.69) is 50.2 Å². The Morgan fingerprint density at radius 1 is 1.18 bits per heavy atom. The second-order valence-electron chi connectivity index (χ2n) is 5.57. The highest BCUT2D eigenvalue weighted by Gasteiger charge is 2.23. The Kier molecular flexibility index (Phi) is 3.51. The summed E-state index contributed by atoms with van der Waals surface area (Å²) in [4.78, 5) is 9.21. The van der Waals surface area contributed by atoms with Crippen molar-refractivity contribution in [3.8, 4) is 0 Å². The fraction of sp³-hybridized carbons (Fsp3) is 0.400. The monoisotopic (exact) mass is 314 g/mol. The summed E-state index contributed by atoms with van der Waals surface area (Å²) in [5.41, 5.74) is 4.13. The van der Waals surface area contributed by atoms with Crippen LogP contribution in [0.3, 0.4) is 0 Å². The quantitative estimate of drug-likeness (QED) is 0.741. The summed E-state index contributed by atoms with van der Waals surface area (Å²) >= 11 is 1.61. The van der Waals surface area contributed by atoms with Crippen molar-refractivity contribution < 1.29 is 0 Å². The van der Waals surface area contributed by atoms with E-state index in [0.717, 1.165) is 37.0 Å². The zero-order valence-corrected chi connectivity index (χ0v) is 13.3. The molecular weight excluding hydrogens is 296 g/mol. The van der Waals surface area contributed by atoms with Crippen molar-refractivity contribution in [1.29, 1.82) is 0 Å². The maximum absolute atomic E-state index is 4.38. The van der Waals surface area contributed by atoms with Crippen molar-refractivity contribution in [2.24, 2.45) is 0 Å². The van der Waals surface area contributed by atoms with Gasteiger partial charge in [0.2, 0.25) is 5.13 Å². The minimum absolute atomic E-state index is 0.401. The molecule has 0 N–H and O–H groups in total. The Bertz CT molecular complexity index is 744. The molecule has 3 aromatic heterocycles. The molecule has 4 rings (SSSR count). The van der Waals surface area contributed by atoms with Gasteiger partial charge in [-0.15, -0.1) is 10.2 Å². The molecule has 0 aliphatic carbocycles. The van der Waals surface area contributed by atoms with Crippen LogP contribution >= 0.6 is 11.3 Å². The number of aromatic nitrogens is 4. The van der Waals surface area contributed by atoms with E-state index in [1.54, 1.807) is 16.8 Å².